The first-order valence-electron chi connectivity index (χ1n) is 13.7. The summed E-state index contributed by atoms with van der Waals surface area (Å²) in [4.78, 5) is 12.9. The lowest BCUT2D eigenvalue weighted by Crippen LogP contribution is -2.39. The maximum Gasteiger partial charge on any atom is 0.167 e. The number of imidazole rings is 1. The first-order chi connectivity index (χ1) is 20.0. The van der Waals surface area contributed by atoms with Gasteiger partial charge in [-0.25, -0.2) is 15.0 Å². The van der Waals surface area contributed by atoms with Gasteiger partial charge in [-0.15, -0.1) is 0 Å². The van der Waals surface area contributed by atoms with Crippen molar-refractivity contribution >= 4 is 17.0 Å². The molecule has 9 heteroatoms. The van der Waals surface area contributed by atoms with Crippen LogP contribution >= 0.6 is 0 Å². The molecule has 2 aromatic heterocycles. The van der Waals surface area contributed by atoms with E-state index in [2.05, 4.69) is 51.4 Å². The van der Waals surface area contributed by atoms with Gasteiger partial charge in [0, 0.05) is 0 Å². The standard InChI is InChI=1S/C32H31N5O4/c1-31(2)40-26-24(39-30(27(26)41-31)37-20-36-25-28(33)34-19-35-29(25)37)18-38-32(21-12-6-3-7-13-21,22-14-8-4-9-15-22)23-16-10-5-11-17-23/h3-17,19-20,24,26-27,30H,18H2,1-2H3,(H2,33,34,35)/t24-,26-,27-,30+/m1/s1. The third-order valence-corrected chi connectivity index (χ3v) is 7.79. The normalized spacial score (nSPS) is 23.6. The molecule has 2 aliphatic rings. The van der Waals surface area contributed by atoms with Crippen molar-refractivity contribution in [3.8, 4) is 0 Å². The smallest absolute Gasteiger partial charge is 0.167 e. The van der Waals surface area contributed by atoms with Crippen LogP contribution < -0.4 is 5.73 Å². The summed E-state index contributed by atoms with van der Waals surface area (Å²) in [6.45, 7) is 4.06. The van der Waals surface area contributed by atoms with Gasteiger partial charge in [0.25, 0.3) is 0 Å². The van der Waals surface area contributed by atoms with Gasteiger partial charge in [0.1, 0.15) is 35.8 Å². The van der Waals surface area contributed by atoms with Crippen LogP contribution in [0.4, 0.5) is 5.82 Å². The van der Waals surface area contributed by atoms with Crippen molar-refractivity contribution in [3.63, 3.8) is 0 Å². The number of anilines is 1. The minimum atomic E-state index is -0.890. The second-order valence-corrected chi connectivity index (χ2v) is 10.8. The van der Waals surface area contributed by atoms with Crippen LogP contribution in [0.15, 0.2) is 104 Å². The quantitative estimate of drug-likeness (QED) is 0.288. The fraction of sp³-hybridized carbons (Fsp3) is 0.281. The van der Waals surface area contributed by atoms with Crippen molar-refractivity contribution in [2.75, 3.05) is 12.3 Å². The molecule has 2 fully saturated rings. The molecular weight excluding hydrogens is 518 g/mol. The van der Waals surface area contributed by atoms with E-state index in [4.69, 9.17) is 24.7 Å². The molecule has 2 N–H and O–H groups in total. The van der Waals surface area contributed by atoms with Crippen molar-refractivity contribution in [2.24, 2.45) is 0 Å². The Morgan fingerprint density at radius 2 is 1.37 bits per heavy atom. The third kappa shape index (κ3) is 4.38. The van der Waals surface area contributed by atoms with E-state index in [0.29, 0.717) is 17.0 Å². The minimum Gasteiger partial charge on any atom is -0.382 e. The number of nitrogens with two attached hydrogens (primary N) is 1. The molecule has 5 aromatic rings. The van der Waals surface area contributed by atoms with E-state index in [9.17, 15) is 0 Å². The van der Waals surface area contributed by atoms with Gasteiger partial charge in [0.15, 0.2) is 23.5 Å². The van der Waals surface area contributed by atoms with Crippen LogP contribution in [0.5, 0.6) is 0 Å². The van der Waals surface area contributed by atoms with Gasteiger partial charge >= 0.3 is 0 Å². The molecule has 0 radical (unpaired) electrons. The predicted molar refractivity (Wildman–Crippen MR) is 153 cm³/mol. The summed E-state index contributed by atoms with van der Waals surface area (Å²) in [6, 6.07) is 30.8. The second-order valence-electron chi connectivity index (χ2n) is 10.8. The molecule has 2 saturated heterocycles. The number of ether oxygens (including phenoxy) is 4. The number of hydrogen-bond donors (Lipinski definition) is 1. The Morgan fingerprint density at radius 1 is 0.805 bits per heavy atom. The topological polar surface area (TPSA) is 107 Å². The first kappa shape index (κ1) is 25.8. The zero-order chi connectivity index (χ0) is 28.0. The molecule has 208 valence electrons. The summed E-state index contributed by atoms with van der Waals surface area (Å²) in [5.74, 6) is -0.486. The molecule has 0 saturated carbocycles. The lowest BCUT2D eigenvalue weighted by atomic mass is 9.80. The van der Waals surface area contributed by atoms with Crippen LogP contribution in [0.2, 0.25) is 0 Å². The predicted octanol–water partition coefficient (Wildman–Crippen LogP) is 4.83. The number of benzene rings is 3. The maximum atomic E-state index is 7.09. The molecule has 41 heavy (non-hydrogen) atoms. The summed E-state index contributed by atoms with van der Waals surface area (Å²) < 4.78 is 28.4. The van der Waals surface area contributed by atoms with Gasteiger partial charge < -0.3 is 24.7 Å². The molecule has 7 rings (SSSR count). The molecule has 0 amide bonds. The molecule has 0 spiro atoms. The molecule has 0 unspecified atom stereocenters. The molecule has 0 aliphatic carbocycles. The van der Waals surface area contributed by atoms with Crippen molar-refractivity contribution in [2.45, 2.75) is 49.8 Å². The molecule has 0 bridgehead atoms. The number of fused-ring (bicyclic) bond motifs is 2. The first-order valence-corrected chi connectivity index (χ1v) is 13.7. The summed E-state index contributed by atoms with van der Waals surface area (Å²) in [5.41, 5.74) is 9.30. The average molecular weight is 550 g/mol. The lowest BCUT2D eigenvalue weighted by molar-refractivity contribution is -0.204. The molecule has 2 aliphatic heterocycles. The van der Waals surface area contributed by atoms with Gasteiger partial charge in [-0.3, -0.25) is 4.57 Å². The Bertz CT molecular complexity index is 1550. The van der Waals surface area contributed by atoms with Crippen molar-refractivity contribution < 1.29 is 18.9 Å². The van der Waals surface area contributed by atoms with Crippen LogP contribution in [0.3, 0.4) is 0 Å². The number of nitrogens with zero attached hydrogens (tertiary/aromatic N) is 4. The van der Waals surface area contributed by atoms with Crippen molar-refractivity contribution in [3.05, 3.63) is 120 Å². The van der Waals surface area contributed by atoms with Crippen LogP contribution in [0, 0.1) is 0 Å². The van der Waals surface area contributed by atoms with E-state index in [1.807, 2.05) is 73.0 Å². The monoisotopic (exact) mass is 549 g/mol. The Hall–Kier alpha value is -4.15. The van der Waals surface area contributed by atoms with E-state index in [1.54, 1.807) is 6.33 Å². The fourth-order valence-corrected chi connectivity index (χ4v) is 6.05. The highest BCUT2D eigenvalue weighted by atomic mass is 16.8. The summed E-state index contributed by atoms with van der Waals surface area (Å²) in [7, 11) is 0. The highest BCUT2D eigenvalue weighted by molar-refractivity contribution is 5.81. The van der Waals surface area contributed by atoms with Gasteiger partial charge in [0.2, 0.25) is 0 Å². The van der Waals surface area contributed by atoms with Gasteiger partial charge in [-0.1, -0.05) is 91.0 Å². The average Bonchev–Trinajstić information content (AvgIpc) is 3.67. The molecule has 3 aromatic carbocycles. The SMILES string of the molecule is CC1(C)O[C@@H]2[C@H](O1)[C@@H](COC(c1ccccc1)(c1ccccc1)c1ccccc1)O[C@@H]2n1cnc2c(N)ncnc21. The third-order valence-electron chi connectivity index (χ3n) is 7.79. The fourth-order valence-electron chi connectivity index (χ4n) is 6.05. The summed E-state index contributed by atoms with van der Waals surface area (Å²) in [6.07, 6.45) is 1.30. The molecular formula is C32H31N5O4. The van der Waals surface area contributed by atoms with Crippen LogP contribution in [-0.2, 0) is 24.5 Å². The van der Waals surface area contributed by atoms with Crippen LogP contribution in [0.25, 0.3) is 11.2 Å². The van der Waals surface area contributed by atoms with Gasteiger partial charge in [0.05, 0.1) is 12.9 Å². The van der Waals surface area contributed by atoms with Crippen LogP contribution in [0.1, 0.15) is 36.8 Å². The Morgan fingerprint density at radius 3 is 1.95 bits per heavy atom. The Labute approximate surface area is 237 Å². The zero-order valence-electron chi connectivity index (χ0n) is 22.8. The van der Waals surface area contributed by atoms with Crippen molar-refractivity contribution in [1.29, 1.82) is 0 Å². The van der Waals surface area contributed by atoms with Gasteiger partial charge in [-0.2, -0.15) is 0 Å². The molecule has 4 heterocycles. The number of rotatable bonds is 7. The van der Waals surface area contributed by atoms with E-state index in [-0.39, 0.29) is 12.7 Å². The highest BCUT2D eigenvalue weighted by Crippen LogP contribution is 2.46. The Kier molecular flexibility index (Phi) is 6.32. The molecule has 4 atom stereocenters. The highest BCUT2D eigenvalue weighted by Gasteiger charge is 2.57. The minimum absolute atomic E-state index is 0.236. The molecule has 9 nitrogen and oxygen atoms in total. The number of hydrogen-bond acceptors (Lipinski definition) is 8. The van der Waals surface area contributed by atoms with E-state index >= 15 is 0 Å². The van der Waals surface area contributed by atoms with Crippen molar-refractivity contribution in [1.82, 2.24) is 19.5 Å². The maximum absolute atomic E-state index is 7.09. The number of aromatic nitrogens is 4. The van der Waals surface area contributed by atoms with E-state index in [0.717, 1.165) is 16.7 Å². The summed E-state index contributed by atoms with van der Waals surface area (Å²) >= 11 is 0. The zero-order valence-corrected chi connectivity index (χ0v) is 22.8. The van der Waals surface area contributed by atoms with Gasteiger partial charge in [-0.05, 0) is 30.5 Å². The second kappa shape index (κ2) is 10.0. The number of nitrogen functional groups attached to an aromatic ring is 1. The Balaban J connectivity index is 1.28. The lowest BCUT2D eigenvalue weighted by Gasteiger charge is -2.37. The van der Waals surface area contributed by atoms with E-state index < -0.39 is 29.8 Å². The van der Waals surface area contributed by atoms with E-state index in [1.165, 1.54) is 6.33 Å². The largest absolute Gasteiger partial charge is 0.382 e. The summed E-state index contributed by atoms with van der Waals surface area (Å²) in [5, 5.41) is 0. The van der Waals surface area contributed by atoms with Crippen LogP contribution in [-0.4, -0.2) is 50.2 Å².